The minimum atomic E-state index is -0.475. The third-order valence-corrected chi connectivity index (χ3v) is 2.66. The van der Waals surface area contributed by atoms with E-state index in [0.717, 1.165) is 17.1 Å². The molecule has 0 bridgehead atoms. The van der Waals surface area contributed by atoms with Gasteiger partial charge in [-0.1, -0.05) is 12.2 Å². The van der Waals surface area contributed by atoms with E-state index in [-0.39, 0.29) is 0 Å². The van der Waals surface area contributed by atoms with Gasteiger partial charge in [0.25, 0.3) is 0 Å². The summed E-state index contributed by atoms with van der Waals surface area (Å²) in [5.74, 6) is 1.48. The topological polar surface area (TPSA) is 56.8 Å². The van der Waals surface area contributed by atoms with Gasteiger partial charge in [0, 0.05) is 12.6 Å². The summed E-state index contributed by atoms with van der Waals surface area (Å²) in [7, 11) is 3.24. The highest BCUT2D eigenvalue weighted by Gasteiger charge is 2.15. The van der Waals surface area contributed by atoms with Crippen LogP contribution in [0, 0.1) is 0 Å². The Morgan fingerprint density at radius 1 is 1.14 bits per heavy atom. The van der Waals surface area contributed by atoms with Crippen molar-refractivity contribution in [1.29, 1.82) is 0 Å². The molecule has 0 spiro atoms. The number of carbonyl (C=O) groups is 1. The summed E-state index contributed by atoms with van der Waals surface area (Å²) in [6.45, 7) is 6.03. The highest BCUT2D eigenvalue weighted by molar-refractivity contribution is 5.67. The van der Waals surface area contributed by atoms with E-state index in [1.807, 2.05) is 51.1 Å². The van der Waals surface area contributed by atoms with E-state index < -0.39 is 11.7 Å². The van der Waals surface area contributed by atoms with Crippen LogP contribution in [0.15, 0.2) is 24.3 Å². The molecule has 0 unspecified atom stereocenters. The number of hydrogen-bond donors (Lipinski definition) is 1. The van der Waals surface area contributed by atoms with Crippen LogP contribution in [0.25, 0.3) is 6.08 Å². The third-order valence-electron chi connectivity index (χ3n) is 2.66. The molecule has 22 heavy (non-hydrogen) atoms. The first-order valence-corrected chi connectivity index (χ1v) is 7.20. The molecule has 0 saturated heterocycles. The Labute approximate surface area is 132 Å². The van der Waals surface area contributed by atoms with Crippen molar-refractivity contribution in [3.8, 4) is 11.5 Å². The molecule has 0 aliphatic rings. The number of rotatable bonds is 6. The Hall–Kier alpha value is -2.17. The number of alkyl carbamates (subject to hydrolysis) is 1. The quantitative estimate of drug-likeness (QED) is 0.815. The molecule has 0 atom stereocenters. The standard InChI is InChI=1S/C17H25NO4/c1-17(2,3)22-16(19)18-9-7-6-8-13-10-14(20-4)12-15(11-13)21-5/h6,8,10-12H,7,9H2,1-5H3,(H,18,19). The minimum absolute atomic E-state index is 0.399. The maximum atomic E-state index is 11.5. The molecule has 0 aliphatic carbocycles. The first kappa shape index (κ1) is 17.9. The SMILES string of the molecule is COc1cc(C=CCCNC(=O)OC(C)(C)C)cc(OC)c1. The van der Waals surface area contributed by atoms with Crippen LogP contribution < -0.4 is 14.8 Å². The second-order valence-corrected chi connectivity index (χ2v) is 5.77. The Balaban J connectivity index is 2.45. The number of hydrogen-bond acceptors (Lipinski definition) is 4. The zero-order chi connectivity index (χ0) is 16.6. The second kappa shape index (κ2) is 8.32. The van der Waals surface area contributed by atoms with Crippen LogP contribution in [-0.4, -0.2) is 32.5 Å². The first-order valence-electron chi connectivity index (χ1n) is 7.20. The Morgan fingerprint density at radius 2 is 1.73 bits per heavy atom. The van der Waals surface area contributed by atoms with E-state index in [9.17, 15) is 4.79 Å². The maximum Gasteiger partial charge on any atom is 0.407 e. The summed E-state index contributed by atoms with van der Waals surface area (Å²) in [5, 5.41) is 2.71. The number of methoxy groups -OCH3 is 2. The lowest BCUT2D eigenvalue weighted by molar-refractivity contribution is 0.0529. The molecular formula is C17H25NO4. The molecule has 0 saturated carbocycles. The van der Waals surface area contributed by atoms with Gasteiger partial charge in [0.1, 0.15) is 17.1 Å². The summed E-state index contributed by atoms with van der Waals surface area (Å²) >= 11 is 0. The van der Waals surface area contributed by atoms with Crippen LogP contribution >= 0.6 is 0 Å². The summed E-state index contributed by atoms with van der Waals surface area (Å²) in [6, 6.07) is 5.65. The molecule has 122 valence electrons. The maximum absolute atomic E-state index is 11.5. The highest BCUT2D eigenvalue weighted by atomic mass is 16.6. The molecule has 1 N–H and O–H groups in total. The van der Waals surface area contributed by atoms with Crippen LogP contribution in [0.5, 0.6) is 11.5 Å². The molecule has 1 amide bonds. The second-order valence-electron chi connectivity index (χ2n) is 5.77. The van der Waals surface area contributed by atoms with E-state index in [0.29, 0.717) is 13.0 Å². The van der Waals surface area contributed by atoms with Gasteiger partial charge in [0.2, 0.25) is 0 Å². The van der Waals surface area contributed by atoms with Gasteiger partial charge < -0.3 is 19.5 Å². The summed E-state index contributed by atoms with van der Waals surface area (Å²) < 4.78 is 15.6. The lowest BCUT2D eigenvalue weighted by Gasteiger charge is -2.19. The van der Waals surface area contributed by atoms with Gasteiger partial charge in [-0.05, 0) is 44.9 Å². The molecule has 1 aromatic rings. The van der Waals surface area contributed by atoms with Crippen molar-refractivity contribution in [2.45, 2.75) is 32.8 Å². The third kappa shape index (κ3) is 7.02. The van der Waals surface area contributed by atoms with Crippen LogP contribution in [0.2, 0.25) is 0 Å². The van der Waals surface area contributed by atoms with Crippen LogP contribution in [-0.2, 0) is 4.74 Å². The summed E-state index contributed by atoms with van der Waals surface area (Å²) in [6.07, 6.45) is 4.25. The van der Waals surface area contributed by atoms with E-state index in [4.69, 9.17) is 14.2 Å². The lowest BCUT2D eigenvalue weighted by atomic mass is 10.1. The zero-order valence-electron chi connectivity index (χ0n) is 13.9. The van der Waals surface area contributed by atoms with Crippen molar-refractivity contribution >= 4 is 12.2 Å². The van der Waals surface area contributed by atoms with Gasteiger partial charge in [-0.25, -0.2) is 4.79 Å². The van der Waals surface area contributed by atoms with Gasteiger partial charge >= 0.3 is 6.09 Å². The molecule has 0 radical (unpaired) electrons. The zero-order valence-corrected chi connectivity index (χ0v) is 13.9. The number of carbonyl (C=O) groups excluding carboxylic acids is 1. The number of amides is 1. The summed E-state index contributed by atoms with van der Waals surface area (Å²) in [4.78, 5) is 11.5. The average Bonchev–Trinajstić information content (AvgIpc) is 2.44. The normalized spacial score (nSPS) is 11.3. The van der Waals surface area contributed by atoms with Crippen LogP contribution in [0.4, 0.5) is 4.79 Å². The fourth-order valence-corrected chi connectivity index (χ4v) is 1.72. The Kier molecular flexibility index (Phi) is 6.76. The Bertz CT molecular complexity index is 496. The largest absolute Gasteiger partial charge is 0.497 e. The molecule has 0 aromatic heterocycles. The molecule has 0 aliphatic heterocycles. The fourth-order valence-electron chi connectivity index (χ4n) is 1.72. The predicted octanol–water partition coefficient (Wildman–Crippen LogP) is 3.63. The minimum Gasteiger partial charge on any atom is -0.497 e. The van der Waals surface area contributed by atoms with Crippen molar-refractivity contribution in [2.75, 3.05) is 20.8 Å². The van der Waals surface area contributed by atoms with E-state index in [1.54, 1.807) is 14.2 Å². The molecular weight excluding hydrogens is 282 g/mol. The van der Waals surface area contributed by atoms with E-state index >= 15 is 0 Å². The van der Waals surface area contributed by atoms with Gasteiger partial charge in [-0.15, -0.1) is 0 Å². The molecule has 0 heterocycles. The van der Waals surface area contributed by atoms with Crippen molar-refractivity contribution in [3.63, 3.8) is 0 Å². The molecule has 5 heteroatoms. The van der Waals surface area contributed by atoms with Crippen molar-refractivity contribution in [3.05, 3.63) is 29.8 Å². The predicted molar refractivity (Wildman–Crippen MR) is 87.4 cm³/mol. The number of ether oxygens (including phenoxy) is 3. The molecule has 1 aromatic carbocycles. The first-order chi connectivity index (χ1) is 10.3. The molecule has 5 nitrogen and oxygen atoms in total. The average molecular weight is 307 g/mol. The van der Waals surface area contributed by atoms with Gasteiger partial charge in [0.15, 0.2) is 0 Å². The van der Waals surface area contributed by atoms with Crippen molar-refractivity contribution in [2.24, 2.45) is 0 Å². The van der Waals surface area contributed by atoms with E-state index in [2.05, 4.69) is 5.32 Å². The monoisotopic (exact) mass is 307 g/mol. The highest BCUT2D eigenvalue weighted by Crippen LogP contribution is 2.23. The van der Waals surface area contributed by atoms with Gasteiger partial charge in [0.05, 0.1) is 14.2 Å². The van der Waals surface area contributed by atoms with Crippen molar-refractivity contribution < 1.29 is 19.0 Å². The fraction of sp³-hybridized carbons (Fsp3) is 0.471. The van der Waals surface area contributed by atoms with Crippen LogP contribution in [0.1, 0.15) is 32.8 Å². The lowest BCUT2D eigenvalue weighted by Crippen LogP contribution is -2.32. The van der Waals surface area contributed by atoms with Crippen molar-refractivity contribution in [1.82, 2.24) is 5.32 Å². The summed E-state index contributed by atoms with van der Waals surface area (Å²) in [5.41, 5.74) is 0.505. The number of nitrogens with one attached hydrogen (secondary N) is 1. The van der Waals surface area contributed by atoms with Crippen LogP contribution in [0.3, 0.4) is 0 Å². The molecule has 0 fully saturated rings. The Morgan fingerprint density at radius 3 is 2.23 bits per heavy atom. The van der Waals surface area contributed by atoms with Gasteiger partial charge in [-0.2, -0.15) is 0 Å². The smallest absolute Gasteiger partial charge is 0.407 e. The van der Waals surface area contributed by atoms with Gasteiger partial charge in [-0.3, -0.25) is 0 Å². The molecule has 1 rings (SSSR count). The van der Waals surface area contributed by atoms with E-state index in [1.165, 1.54) is 0 Å². The number of benzene rings is 1.